The highest BCUT2D eigenvalue weighted by molar-refractivity contribution is 7.12. The van der Waals surface area contributed by atoms with Gasteiger partial charge in [0.15, 0.2) is 0 Å². The summed E-state index contributed by atoms with van der Waals surface area (Å²) in [5.41, 5.74) is 1.39. The zero-order chi connectivity index (χ0) is 20.8. The van der Waals surface area contributed by atoms with Crippen molar-refractivity contribution in [2.45, 2.75) is 11.8 Å². The summed E-state index contributed by atoms with van der Waals surface area (Å²) in [5.74, 6) is 0.129. The number of carbonyl (C=O) groups is 1. The molecule has 0 N–H and O–H groups in total. The Morgan fingerprint density at radius 1 is 0.900 bits per heavy atom. The third kappa shape index (κ3) is 4.16. The molecule has 152 valence electrons. The Morgan fingerprint density at radius 3 is 2.00 bits per heavy atom. The summed E-state index contributed by atoms with van der Waals surface area (Å²) in [6, 6.07) is 26.6. The molecule has 1 aliphatic heterocycles. The Labute approximate surface area is 182 Å². The number of thiophene rings is 1. The van der Waals surface area contributed by atoms with Crippen molar-refractivity contribution in [1.82, 2.24) is 9.80 Å². The van der Waals surface area contributed by atoms with Gasteiger partial charge < -0.3 is 4.90 Å². The first-order valence-electron chi connectivity index (χ1n) is 10.3. The van der Waals surface area contributed by atoms with E-state index in [4.69, 9.17) is 0 Å². The van der Waals surface area contributed by atoms with Crippen molar-refractivity contribution in [1.29, 1.82) is 5.26 Å². The molecule has 1 saturated heterocycles. The molecule has 30 heavy (non-hydrogen) atoms. The normalized spacial score (nSPS) is 15.0. The molecule has 0 unspecified atom stereocenters. The van der Waals surface area contributed by atoms with Crippen molar-refractivity contribution in [2.75, 3.05) is 32.7 Å². The van der Waals surface area contributed by atoms with Crippen molar-refractivity contribution in [3.8, 4) is 6.07 Å². The Bertz CT molecular complexity index is 948. The average molecular weight is 416 g/mol. The van der Waals surface area contributed by atoms with Crippen LogP contribution in [0.2, 0.25) is 0 Å². The highest BCUT2D eigenvalue weighted by Gasteiger charge is 2.35. The van der Waals surface area contributed by atoms with E-state index in [-0.39, 0.29) is 5.91 Å². The molecule has 4 rings (SSSR count). The molecule has 1 amide bonds. The zero-order valence-electron chi connectivity index (χ0n) is 16.9. The van der Waals surface area contributed by atoms with Crippen LogP contribution in [0.4, 0.5) is 0 Å². The van der Waals surface area contributed by atoms with Gasteiger partial charge in [0.1, 0.15) is 5.41 Å². The largest absolute Gasteiger partial charge is 0.335 e. The first-order valence-corrected chi connectivity index (χ1v) is 11.2. The SMILES string of the molecule is N#CC(CCN1CCN(C(=O)c2cccs2)CC1)(c1ccccc1)c1ccccc1. The van der Waals surface area contributed by atoms with E-state index in [0.29, 0.717) is 0 Å². The second-order valence-electron chi connectivity index (χ2n) is 7.61. The van der Waals surface area contributed by atoms with Gasteiger partial charge in [-0.1, -0.05) is 66.7 Å². The predicted octanol–water partition coefficient (Wildman–Crippen LogP) is 4.41. The third-order valence-corrected chi connectivity index (χ3v) is 6.78. The highest BCUT2D eigenvalue weighted by atomic mass is 32.1. The minimum atomic E-state index is -0.674. The van der Waals surface area contributed by atoms with Gasteiger partial charge in [-0.2, -0.15) is 5.26 Å². The maximum Gasteiger partial charge on any atom is 0.264 e. The van der Waals surface area contributed by atoms with Crippen LogP contribution < -0.4 is 0 Å². The summed E-state index contributed by atoms with van der Waals surface area (Å²) in [6.07, 6.45) is 0.719. The quantitative estimate of drug-likeness (QED) is 0.599. The summed E-state index contributed by atoms with van der Waals surface area (Å²) in [4.78, 5) is 17.7. The smallest absolute Gasteiger partial charge is 0.264 e. The van der Waals surface area contributed by atoms with E-state index in [1.165, 1.54) is 11.3 Å². The van der Waals surface area contributed by atoms with Crippen LogP contribution in [-0.4, -0.2) is 48.4 Å². The van der Waals surface area contributed by atoms with Crippen molar-refractivity contribution >= 4 is 17.2 Å². The maximum atomic E-state index is 12.6. The Kier molecular flexibility index (Phi) is 6.27. The predicted molar refractivity (Wildman–Crippen MR) is 121 cm³/mol. The van der Waals surface area contributed by atoms with Gasteiger partial charge in [0, 0.05) is 32.7 Å². The van der Waals surface area contributed by atoms with E-state index >= 15 is 0 Å². The summed E-state index contributed by atoms with van der Waals surface area (Å²) >= 11 is 1.50. The maximum absolute atomic E-state index is 12.6. The van der Waals surface area contributed by atoms with Crippen LogP contribution in [0.15, 0.2) is 78.2 Å². The minimum absolute atomic E-state index is 0.129. The molecule has 1 fully saturated rings. The van der Waals surface area contributed by atoms with Crippen molar-refractivity contribution < 1.29 is 4.79 Å². The highest BCUT2D eigenvalue weighted by Crippen LogP contribution is 2.35. The number of nitrogens with zero attached hydrogens (tertiary/aromatic N) is 3. The van der Waals surface area contributed by atoms with Gasteiger partial charge in [-0.3, -0.25) is 9.69 Å². The van der Waals surface area contributed by atoms with E-state index in [1.54, 1.807) is 0 Å². The lowest BCUT2D eigenvalue weighted by Gasteiger charge is -2.36. The fourth-order valence-electron chi connectivity index (χ4n) is 4.14. The molecular weight excluding hydrogens is 390 g/mol. The lowest BCUT2D eigenvalue weighted by Crippen LogP contribution is -2.49. The lowest BCUT2D eigenvalue weighted by molar-refractivity contribution is 0.0637. The van der Waals surface area contributed by atoms with Gasteiger partial charge in [-0.15, -0.1) is 11.3 Å². The number of hydrogen-bond donors (Lipinski definition) is 0. The third-order valence-electron chi connectivity index (χ3n) is 5.92. The number of benzene rings is 2. The summed E-state index contributed by atoms with van der Waals surface area (Å²) in [7, 11) is 0. The molecule has 1 aromatic heterocycles. The molecule has 0 atom stereocenters. The van der Waals surface area contributed by atoms with Crippen LogP contribution in [-0.2, 0) is 5.41 Å². The molecular formula is C25H25N3OS. The molecule has 1 aliphatic rings. The van der Waals surface area contributed by atoms with Gasteiger partial charge >= 0.3 is 0 Å². The fraction of sp³-hybridized carbons (Fsp3) is 0.280. The summed E-state index contributed by atoms with van der Waals surface area (Å²) in [6.45, 7) is 3.95. The summed E-state index contributed by atoms with van der Waals surface area (Å²) in [5, 5.41) is 12.3. The van der Waals surface area contributed by atoms with Crippen LogP contribution in [0, 0.1) is 11.3 Å². The summed E-state index contributed by atoms with van der Waals surface area (Å²) < 4.78 is 0. The van der Waals surface area contributed by atoms with Gasteiger partial charge in [0.05, 0.1) is 10.9 Å². The molecule has 4 nitrogen and oxygen atoms in total. The zero-order valence-corrected chi connectivity index (χ0v) is 17.7. The topological polar surface area (TPSA) is 47.3 Å². The molecule has 0 saturated carbocycles. The van der Waals surface area contributed by atoms with E-state index in [9.17, 15) is 10.1 Å². The van der Waals surface area contributed by atoms with Gasteiger partial charge in [-0.05, 0) is 29.0 Å². The van der Waals surface area contributed by atoms with Crippen LogP contribution in [0.3, 0.4) is 0 Å². The van der Waals surface area contributed by atoms with Crippen LogP contribution in [0.5, 0.6) is 0 Å². The first-order chi connectivity index (χ1) is 14.7. The Hall–Kier alpha value is -2.94. The standard InChI is InChI=1S/C25H25N3OS/c26-20-25(21-8-3-1-4-9-21,22-10-5-2-6-11-22)13-14-27-15-17-28(18-16-27)24(29)23-12-7-19-30-23/h1-12,19H,13-18H2. The minimum Gasteiger partial charge on any atom is -0.335 e. The van der Waals surface area contributed by atoms with Crippen molar-refractivity contribution in [3.05, 3.63) is 94.2 Å². The Balaban J connectivity index is 1.45. The van der Waals surface area contributed by atoms with Crippen LogP contribution >= 0.6 is 11.3 Å². The molecule has 0 radical (unpaired) electrons. The van der Waals surface area contributed by atoms with E-state index in [1.807, 2.05) is 83.1 Å². The van der Waals surface area contributed by atoms with E-state index in [2.05, 4.69) is 11.0 Å². The van der Waals surface area contributed by atoms with E-state index in [0.717, 1.165) is 55.1 Å². The van der Waals surface area contributed by atoms with Crippen LogP contribution in [0.1, 0.15) is 27.2 Å². The second-order valence-corrected chi connectivity index (χ2v) is 8.56. The average Bonchev–Trinajstić information content (AvgIpc) is 3.36. The monoisotopic (exact) mass is 415 g/mol. The van der Waals surface area contributed by atoms with Gasteiger partial charge in [0.25, 0.3) is 5.91 Å². The number of piperazine rings is 1. The molecule has 0 aliphatic carbocycles. The van der Waals surface area contributed by atoms with Gasteiger partial charge in [-0.25, -0.2) is 0 Å². The molecule has 2 aromatic carbocycles. The number of nitriles is 1. The van der Waals surface area contributed by atoms with E-state index < -0.39 is 5.41 Å². The number of rotatable bonds is 6. The van der Waals surface area contributed by atoms with Crippen molar-refractivity contribution in [3.63, 3.8) is 0 Å². The lowest BCUT2D eigenvalue weighted by atomic mass is 9.73. The first kappa shape index (κ1) is 20.3. The number of amides is 1. The number of hydrogen-bond acceptors (Lipinski definition) is 4. The molecule has 5 heteroatoms. The van der Waals surface area contributed by atoms with Gasteiger partial charge in [0.2, 0.25) is 0 Å². The fourth-order valence-corrected chi connectivity index (χ4v) is 4.83. The number of carbonyl (C=O) groups excluding carboxylic acids is 1. The Morgan fingerprint density at radius 2 is 1.50 bits per heavy atom. The molecule has 2 heterocycles. The van der Waals surface area contributed by atoms with Crippen LogP contribution in [0.25, 0.3) is 0 Å². The molecule has 0 spiro atoms. The molecule has 0 bridgehead atoms. The van der Waals surface area contributed by atoms with Crippen molar-refractivity contribution in [2.24, 2.45) is 0 Å². The molecule has 3 aromatic rings. The second kappa shape index (κ2) is 9.25.